The van der Waals surface area contributed by atoms with E-state index in [4.69, 9.17) is 0 Å². The van der Waals surface area contributed by atoms with E-state index in [-0.39, 0.29) is 11.4 Å². The Kier molecular flexibility index (Phi) is 7.85. The molecule has 0 spiro atoms. The Bertz CT molecular complexity index is 972. The summed E-state index contributed by atoms with van der Waals surface area (Å²) in [6, 6.07) is 11.5. The first-order valence-electron chi connectivity index (χ1n) is 9.24. The predicted octanol–water partition coefficient (Wildman–Crippen LogP) is 3.21. The van der Waals surface area contributed by atoms with Gasteiger partial charge < -0.3 is 10.6 Å². The van der Waals surface area contributed by atoms with E-state index in [0.717, 1.165) is 22.0 Å². The molecule has 2 rings (SSSR count). The van der Waals surface area contributed by atoms with Crippen molar-refractivity contribution in [3.05, 3.63) is 65.2 Å². The van der Waals surface area contributed by atoms with Crippen LogP contribution < -0.4 is 10.6 Å². The van der Waals surface area contributed by atoms with Crippen LogP contribution in [0.2, 0.25) is 0 Å². The van der Waals surface area contributed by atoms with Gasteiger partial charge in [-0.15, -0.1) is 0 Å². The number of alkyl halides is 3. The molecule has 0 aliphatic heterocycles. The van der Waals surface area contributed by atoms with Gasteiger partial charge in [0.1, 0.15) is 0 Å². The van der Waals surface area contributed by atoms with Crippen molar-refractivity contribution in [1.29, 1.82) is 0 Å². The van der Waals surface area contributed by atoms with Crippen LogP contribution in [0.1, 0.15) is 23.6 Å². The molecule has 0 fully saturated rings. The summed E-state index contributed by atoms with van der Waals surface area (Å²) in [7, 11) is -0.557. The number of nitrogens with zero attached hydrogens (tertiary/aromatic N) is 2. The van der Waals surface area contributed by atoms with E-state index in [1.54, 1.807) is 18.2 Å². The highest BCUT2D eigenvalue weighted by molar-refractivity contribution is 7.89. The van der Waals surface area contributed by atoms with Crippen molar-refractivity contribution < 1.29 is 21.6 Å². The molecule has 0 heterocycles. The molecule has 0 aromatic heterocycles. The molecule has 164 valence electrons. The number of halogens is 3. The molecular weight excluding hydrogens is 417 g/mol. The SMILES string of the molecule is CCNC(=NCc1cccc(C(F)(F)F)c1)NCc1ccc(S(=O)(=O)N(C)C)cc1. The van der Waals surface area contributed by atoms with Crippen LogP contribution in [-0.2, 0) is 29.3 Å². The molecule has 2 aromatic rings. The normalized spacial score (nSPS) is 12.8. The van der Waals surface area contributed by atoms with Crippen LogP contribution in [0.3, 0.4) is 0 Å². The standard InChI is InChI=1S/C20H25F3N4O2S/c1-4-24-19(26-14-16-6-5-7-17(12-16)20(21,22)23)25-13-15-8-10-18(11-9-15)30(28,29)27(2)3/h5-12H,4,13-14H2,1-3H3,(H2,24,25,26). The third kappa shape index (κ3) is 6.46. The molecule has 2 N–H and O–H groups in total. The molecule has 0 radical (unpaired) electrons. The first-order chi connectivity index (χ1) is 14.0. The second kappa shape index (κ2) is 9.94. The predicted molar refractivity (Wildman–Crippen MR) is 110 cm³/mol. The van der Waals surface area contributed by atoms with Gasteiger partial charge in [-0.2, -0.15) is 13.2 Å². The van der Waals surface area contributed by atoms with Gasteiger partial charge in [0, 0.05) is 27.2 Å². The molecule has 30 heavy (non-hydrogen) atoms. The Morgan fingerprint density at radius 2 is 1.70 bits per heavy atom. The van der Waals surface area contributed by atoms with Crippen molar-refractivity contribution in [2.45, 2.75) is 31.1 Å². The molecule has 10 heteroatoms. The number of nitrogens with one attached hydrogen (secondary N) is 2. The smallest absolute Gasteiger partial charge is 0.357 e. The van der Waals surface area contributed by atoms with Crippen molar-refractivity contribution in [1.82, 2.24) is 14.9 Å². The molecule has 0 saturated heterocycles. The highest BCUT2D eigenvalue weighted by Crippen LogP contribution is 2.29. The van der Waals surface area contributed by atoms with Crippen molar-refractivity contribution in [2.24, 2.45) is 4.99 Å². The highest BCUT2D eigenvalue weighted by Gasteiger charge is 2.30. The van der Waals surface area contributed by atoms with Crippen molar-refractivity contribution in [3.63, 3.8) is 0 Å². The number of aliphatic imine (C=N–C) groups is 1. The van der Waals surface area contributed by atoms with Gasteiger partial charge in [0.15, 0.2) is 5.96 Å². The minimum atomic E-state index is -4.39. The number of sulfonamides is 1. The lowest BCUT2D eigenvalue weighted by molar-refractivity contribution is -0.137. The minimum absolute atomic E-state index is 0.0826. The minimum Gasteiger partial charge on any atom is -0.357 e. The van der Waals surface area contributed by atoms with Crippen molar-refractivity contribution >= 4 is 16.0 Å². The topological polar surface area (TPSA) is 73.8 Å². The molecule has 2 aromatic carbocycles. The summed E-state index contributed by atoms with van der Waals surface area (Å²) in [4.78, 5) is 4.52. The summed E-state index contributed by atoms with van der Waals surface area (Å²) in [6.45, 7) is 2.91. The summed E-state index contributed by atoms with van der Waals surface area (Å²) >= 11 is 0. The summed E-state index contributed by atoms with van der Waals surface area (Å²) in [5.41, 5.74) is 0.568. The first kappa shape index (κ1) is 23.7. The van der Waals surface area contributed by atoms with Gasteiger partial charge in [-0.05, 0) is 42.3 Å². The highest BCUT2D eigenvalue weighted by atomic mass is 32.2. The van der Waals surface area contributed by atoms with Crippen LogP contribution in [0.5, 0.6) is 0 Å². The first-order valence-corrected chi connectivity index (χ1v) is 10.7. The third-order valence-corrected chi connectivity index (χ3v) is 6.01. The van der Waals surface area contributed by atoms with Gasteiger partial charge >= 0.3 is 6.18 Å². The molecule has 6 nitrogen and oxygen atoms in total. The van der Waals surface area contributed by atoms with Crippen LogP contribution in [0.15, 0.2) is 58.4 Å². The van der Waals surface area contributed by atoms with Gasteiger partial charge in [-0.1, -0.05) is 24.3 Å². The Labute approximate surface area is 174 Å². The Hall–Kier alpha value is -2.59. The molecule has 0 unspecified atom stereocenters. The Morgan fingerprint density at radius 1 is 1.03 bits per heavy atom. The van der Waals surface area contributed by atoms with E-state index in [1.165, 1.54) is 32.3 Å². The van der Waals surface area contributed by atoms with E-state index in [0.29, 0.717) is 24.6 Å². The number of benzene rings is 2. The van der Waals surface area contributed by atoms with Crippen LogP contribution in [-0.4, -0.2) is 39.3 Å². The molecule has 0 aliphatic rings. The largest absolute Gasteiger partial charge is 0.416 e. The van der Waals surface area contributed by atoms with Gasteiger partial charge in [-0.25, -0.2) is 17.7 Å². The third-order valence-electron chi connectivity index (χ3n) is 4.18. The van der Waals surface area contributed by atoms with Crippen LogP contribution >= 0.6 is 0 Å². The molecule has 0 saturated carbocycles. The Morgan fingerprint density at radius 3 is 2.27 bits per heavy atom. The Balaban J connectivity index is 2.06. The zero-order valence-electron chi connectivity index (χ0n) is 17.0. The van der Waals surface area contributed by atoms with E-state index in [2.05, 4.69) is 15.6 Å². The molecule has 0 aliphatic carbocycles. The summed E-state index contributed by atoms with van der Waals surface area (Å²) in [5, 5.41) is 6.12. The second-order valence-electron chi connectivity index (χ2n) is 6.68. The van der Waals surface area contributed by atoms with E-state index in [9.17, 15) is 21.6 Å². The lowest BCUT2D eigenvalue weighted by Gasteiger charge is -2.13. The fourth-order valence-corrected chi connectivity index (χ4v) is 3.44. The molecule has 0 amide bonds. The van der Waals surface area contributed by atoms with Crippen LogP contribution in [0.4, 0.5) is 13.2 Å². The van der Waals surface area contributed by atoms with Crippen molar-refractivity contribution in [3.8, 4) is 0 Å². The zero-order valence-corrected chi connectivity index (χ0v) is 17.8. The maximum Gasteiger partial charge on any atom is 0.416 e. The number of hydrogen-bond donors (Lipinski definition) is 2. The average Bonchev–Trinajstić information content (AvgIpc) is 2.70. The van der Waals surface area contributed by atoms with E-state index < -0.39 is 21.8 Å². The van der Waals surface area contributed by atoms with Crippen LogP contribution in [0.25, 0.3) is 0 Å². The van der Waals surface area contributed by atoms with Gasteiger partial charge in [0.05, 0.1) is 17.0 Å². The molecule has 0 bridgehead atoms. The van der Waals surface area contributed by atoms with Gasteiger partial charge in [-0.3, -0.25) is 0 Å². The maximum atomic E-state index is 12.8. The number of rotatable bonds is 7. The van der Waals surface area contributed by atoms with Gasteiger partial charge in [0.25, 0.3) is 0 Å². The van der Waals surface area contributed by atoms with E-state index >= 15 is 0 Å². The lowest BCUT2D eigenvalue weighted by atomic mass is 10.1. The average molecular weight is 443 g/mol. The number of hydrogen-bond acceptors (Lipinski definition) is 3. The number of guanidine groups is 1. The van der Waals surface area contributed by atoms with Crippen LogP contribution in [0, 0.1) is 0 Å². The maximum absolute atomic E-state index is 12.8. The second-order valence-corrected chi connectivity index (χ2v) is 8.83. The van der Waals surface area contributed by atoms with E-state index in [1.807, 2.05) is 6.92 Å². The van der Waals surface area contributed by atoms with Crippen molar-refractivity contribution in [2.75, 3.05) is 20.6 Å². The molecular formula is C20H25F3N4O2S. The monoisotopic (exact) mass is 442 g/mol. The zero-order chi connectivity index (χ0) is 22.4. The molecule has 0 atom stereocenters. The lowest BCUT2D eigenvalue weighted by Crippen LogP contribution is -2.36. The van der Waals surface area contributed by atoms with Gasteiger partial charge in [0.2, 0.25) is 10.0 Å². The summed E-state index contributed by atoms with van der Waals surface area (Å²) in [6.07, 6.45) is -4.39. The summed E-state index contributed by atoms with van der Waals surface area (Å²) < 4.78 is 63.9. The quantitative estimate of drug-likeness (QED) is 0.510. The fraction of sp³-hybridized carbons (Fsp3) is 0.350. The summed E-state index contributed by atoms with van der Waals surface area (Å²) in [5.74, 6) is 0.444. The fourth-order valence-electron chi connectivity index (χ4n) is 2.53.